The fourth-order valence-electron chi connectivity index (χ4n) is 2.69. The number of ether oxygens (including phenoxy) is 1. The third kappa shape index (κ3) is 5.36. The van der Waals surface area contributed by atoms with Gasteiger partial charge in [0.1, 0.15) is 0 Å². The van der Waals surface area contributed by atoms with E-state index >= 15 is 0 Å². The van der Waals surface area contributed by atoms with Crippen molar-refractivity contribution in [3.63, 3.8) is 0 Å². The minimum Gasteiger partial charge on any atom is -0.379 e. The van der Waals surface area contributed by atoms with Crippen LogP contribution in [-0.2, 0) is 19.6 Å². The molecule has 10 heteroatoms. The van der Waals surface area contributed by atoms with Crippen LogP contribution >= 0.6 is 23.2 Å². The Hall–Kier alpha value is -1.84. The van der Waals surface area contributed by atoms with Crippen LogP contribution in [0, 0.1) is 0 Å². The van der Waals surface area contributed by atoms with E-state index in [9.17, 15) is 13.2 Å². The first-order valence-corrected chi connectivity index (χ1v) is 10.7. The number of hydrogen-bond acceptors (Lipinski definition) is 5. The molecular formula is C18H19Cl2N3O4S. The van der Waals surface area contributed by atoms with E-state index in [1.807, 2.05) is 0 Å². The zero-order valence-electron chi connectivity index (χ0n) is 14.8. The summed E-state index contributed by atoms with van der Waals surface area (Å²) in [4.78, 5) is 12.3. The summed E-state index contributed by atoms with van der Waals surface area (Å²) in [5.74, 6) is -0.292. The van der Waals surface area contributed by atoms with Crippen LogP contribution in [0.1, 0.15) is 0 Å². The van der Waals surface area contributed by atoms with Gasteiger partial charge in [0.15, 0.2) is 0 Å². The average Bonchev–Trinajstić information content (AvgIpc) is 2.67. The fraction of sp³-hybridized carbons (Fsp3) is 0.278. The molecule has 0 aromatic heterocycles. The largest absolute Gasteiger partial charge is 0.379 e. The maximum atomic E-state index is 12.6. The molecule has 0 spiro atoms. The maximum Gasteiger partial charge on any atom is 0.243 e. The molecule has 0 saturated carbocycles. The van der Waals surface area contributed by atoms with Crippen LogP contribution in [0.5, 0.6) is 0 Å². The zero-order valence-corrected chi connectivity index (χ0v) is 17.1. The summed E-state index contributed by atoms with van der Waals surface area (Å²) in [6, 6.07) is 11.0. The lowest BCUT2D eigenvalue weighted by Crippen LogP contribution is -2.40. The minimum atomic E-state index is -3.56. The van der Waals surface area contributed by atoms with Crippen molar-refractivity contribution >= 4 is 50.5 Å². The van der Waals surface area contributed by atoms with Gasteiger partial charge in [-0.05, 0) is 42.5 Å². The molecule has 150 valence electrons. The first-order valence-electron chi connectivity index (χ1n) is 8.52. The number of halogens is 2. The molecule has 0 aliphatic carbocycles. The molecule has 1 amide bonds. The molecule has 2 N–H and O–H groups in total. The van der Waals surface area contributed by atoms with Crippen molar-refractivity contribution in [2.24, 2.45) is 0 Å². The van der Waals surface area contributed by atoms with Gasteiger partial charge in [0.05, 0.1) is 24.7 Å². The summed E-state index contributed by atoms with van der Waals surface area (Å²) in [5.41, 5.74) is 1.12. The third-order valence-electron chi connectivity index (χ3n) is 4.06. The monoisotopic (exact) mass is 443 g/mol. The number of carbonyl (C=O) groups is 1. The van der Waals surface area contributed by atoms with Crippen molar-refractivity contribution in [1.29, 1.82) is 0 Å². The highest BCUT2D eigenvalue weighted by atomic mass is 35.5. The Morgan fingerprint density at radius 3 is 2.21 bits per heavy atom. The quantitative estimate of drug-likeness (QED) is 0.715. The molecule has 1 aliphatic rings. The van der Waals surface area contributed by atoms with Gasteiger partial charge in [0.2, 0.25) is 15.9 Å². The van der Waals surface area contributed by atoms with E-state index in [1.54, 1.807) is 30.3 Å². The first kappa shape index (κ1) is 20.9. The lowest BCUT2D eigenvalue weighted by Gasteiger charge is -2.26. The Morgan fingerprint density at radius 2 is 1.61 bits per heavy atom. The van der Waals surface area contributed by atoms with E-state index < -0.39 is 10.0 Å². The number of nitrogens with one attached hydrogen (secondary N) is 2. The molecule has 0 radical (unpaired) electrons. The van der Waals surface area contributed by atoms with Gasteiger partial charge >= 0.3 is 0 Å². The Kier molecular flexibility index (Phi) is 6.79. The number of morpholine rings is 1. The number of amides is 1. The predicted molar refractivity (Wildman–Crippen MR) is 110 cm³/mol. The van der Waals surface area contributed by atoms with Crippen LogP contribution in [-0.4, -0.2) is 51.5 Å². The van der Waals surface area contributed by atoms with E-state index in [2.05, 4.69) is 10.6 Å². The summed E-state index contributed by atoms with van der Waals surface area (Å²) in [6.07, 6.45) is 0. The van der Waals surface area contributed by atoms with Gasteiger partial charge in [0, 0.05) is 34.5 Å². The molecular weight excluding hydrogens is 425 g/mol. The smallest absolute Gasteiger partial charge is 0.243 e. The number of nitrogens with zero attached hydrogens (tertiary/aromatic N) is 1. The van der Waals surface area contributed by atoms with Crippen molar-refractivity contribution in [2.45, 2.75) is 4.90 Å². The van der Waals surface area contributed by atoms with Crippen molar-refractivity contribution in [3.05, 3.63) is 52.5 Å². The summed E-state index contributed by atoms with van der Waals surface area (Å²) in [5, 5.41) is 6.56. The number of rotatable bonds is 6. The van der Waals surface area contributed by atoms with Crippen molar-refractivity contribution in [1.82, 2.24) is 4.31 Å². The van der Waals surface area contributed by atoms with Crippen LogP contribution < -0.4 is 10.6 Å². The second-order valence-corrected chi connectivity index (χ2v) is 8.91. The predicted octanol–water partition coefficient (Wildman–Crippen LogP) is 3.06. The number of hydrogen-bond donors (Lipinski definition) is 2. The molecule has 1 heterocycles. The third-order valence-corrected chi connectivity index (χ3v) is 6.41. The summed E-state index contributed by atoms with van der Waals surface area (Å²) in [7, 11) is -3.56. The Morgan fingerprint density at radius 1 is 1.00 bits per heavy atom. The topological polar surface area (TPSA) is 87.7 Å². The van der Waals surface area contributed by atoms with Crippen molar-refractivity contribution in [2.75, 3.05) is 43.5 Å². The number of benzene rings is 2. The van der Waals surface area contributed by atoms with Crippen molar-refractivity contribution in [3.8, 4) is 0 Å². The lowest BCUT2D eigenvalue weighted by atomic mass is 10.3. The van der Waals surface area contributed by atoms with Crippen LogP contribution in [0.3, 0.4) is 0 Å². The molecule has 1 saturated heterocycles. The molecule has 2 aromatic rings. The molecule has 1 fully saturated rings. The highest BCUT2D eigenvalue weighted by molar-refractivity contribution is 7.89. The van der Waals surface area contributed by atoms with Gasteiger partial charge in [-0.3, -0.25) is 4.79 Å². The van der Waals surface area contributed by atoms with E-state index in [0.29, 0.717) is 47.7 Å². The Bertz CT molecular complexity index is 926. The summed E-state index contributed by atoms with van der Waals surface area (Å²) in [6.45, 7) is 1.45. The van der Waals surface area contributed by atoms with Gasteiger partial charge in [-0.15, -0.1) is 0 Å². The molecule has 1 aliphatic heterocycles. The second kappa shape index (κ2) is 9.11. The number of carbonyl (C=O) groups excluding carboxylic acids is 1. The van der Waals surface area contributed by atoms with Crippen LogP contribution in [0.25, 0.3) is 0 Å². The van der Waals surface area contributed by atoms with Gasteiger partial charge in [0.25, 0.3) is 0 Å². The molecule has 2 aromatic carbocycles. The zero-order chi connectivity index (χ0) is 20.1. The normalized spacial score (nSPS) is 15.2. The fourth-order valence-corrected chi connectivity index (χ4v) is 4.62. The lowest BCUT2D eigenvalue weighted by molar-refractivity contribution is -0.114. The molecule has 0 atom stereocenters. The van der Waals surface area contributed by atoms with E-state index in [1.165, 1.54) is 16.4 Å². The van der Waals surface area contributed by atoms with Crippen LogP contribution in [0.15, 0.2) is 47.4 Å². The van der Waals surface area contributed by atoms with E-state index in [0.717, 1.165) is 0 Å². The minimum absolute atomic E-state index is 0.00446. The van der Waals surface area contributed by atoms with Crippen molar-refractivity contribution < 1.29 is 17.9 Å². The SMILES string of the molecule is O=C(CNc1cc(Cl)cc(Cl)c1)Nc1ccc(S(=O)(=O)N2CCOCC2)cc1. The highest BCUT2D eigenvalue weighted by Gasteiger charge is 2.26. The highest BCUT2D eigenvalue weighted by Crippen LogP contribution is 2.22. The molecule has 28 heavy (non-hydrogen) atoms. The Balaban J connectivity index is 1.58. The van der Waals surface area contributed by atoms with Gasteiger partial charge in [-0.1, -0.05) is 23.2 Å². The average molecular weight is 444 g/mol. The molecule has 3 rings (SSSR count). The number of sulfonamides is 1. The van der Waals surface area contributed by atoms with E-state index in [-0.39, 0.29) is 17.3 Å². The number of anilines is 2. The summed E-state index contributed by atoms with van der Waals surface area (Å²) < 4.78 is 31.8. The van der Waals surface area contributed by atoms with Gasteiger partial charge in [-0.25, -0.2) is 8.42 Å². The Labute approximate surface area is 173 Å². The summed E-state index contributed by atoms with van der Waals surface area (Å²) >= 11 is 11.8. The maximum absolute atomic E-state index is 12.6. The van der Waals surface area contributed by atoms with Gasteiger partial charge < -0.3 is 15.4 Å². The van der Waals surface area contributed by atoms with Crippen LogP contribution in [0.2, 0.25) is 10.0 Å². The second-order valence-electron chi connectivity index (χ2n) is 6.10. The molecule has 7 nitrogen and oxygen atoms in total. The first-order chi connectivity index (χ1) is 13.3. The van der Waals surface area contributed by atoms with Gasteiger partial charge in [-0.2, -0.15) is 4.31 Å². The standard InChI is InChI=1S/C18H19Cl2N3O4S/c19-13-9-14(20)11-16(10-13)21-12-18(24)22-15-1-3-17(4-2-15)28(25,26)23-5-7-27-8-6-23/h1-4,9-11,21H,5-8,12H2,(H,22,24). The molecule has 0 unspecified atom stereocenters. The van der Waals surface area contributed by atoms with Crippen LogP contribution in [0.4, 0.5) is 11.4 Å². The van der Waals surface area contributed by atoms with E-state index in [4.69, 9.17) is 27.9 Å². The molecule has 0 bridgehead atoms.